The van der Waals surface area contributed by atoms with Gasteiger partial charge in [-0.05, 0) is 77.0 Å². The molecule has 5 heteroatoms. The lowest BCUT2D eigenvalue weighted by molar-refractivity contribution is -0.161. The molecule has 1 N–H and O–H groups in total. The van der Waals surface area contributed by atoms with E-state index in [1.165, 1.54) is 109 Å². The van der Waals surface area contributed by atoms with Crippen LogP contribution in [0, 0.1) is 0 Å². The summed E-state index contributed by atoms with van der Waals surface area (Å²) in [5.41, 5.74) is 0. The van der Waals surface area contributed by atoms with E-state index in [-0.39, 0.29) is 25.2 Å². The minimum absolute atomic E-state index is 0.0727. The normalized spacial score (nSPS) is 12.8. The standard InChI is InChI=1S/C47H82O5/c1-3-5-7-9-11-13-15-17-19-21-22-23-24-26-28-30-32-34-36-38-40-42-47(50)52-45(43-48)44-51-46(49)41-39-37-35-33-31-29-27-25-20-18-16-14-12-10-8-6-4-2/h5,7,11,13,17-20,22-23,45,48H,3-4,6,8-10,12,14-16,21,24-44H2,1-2H3/b7-5-,13-11-,19-17-,20-18-,23-22-. The molecule has 0 bridgehead atoms. The summed E-state index contributed by atoms with van der Waals surface area (Å²) in [7, 11) is 0. The minimum Gasteiger partial charge on any atom is -0.462 e. The quantitative estimate of drug-likeness (QED) is 0.0388. The largest absolute Gasteiger partial charge is 0.462 e. The van der Waals surface area contributed by atoms with Crippen molar-refractivity contribution in [3.05, 3.63) is 60.8 Å². The molecular weight excluding hydrogens is 645 g/mol. The summed E-state index contributed by atoms with van der Waals surface area (Å²) in [4.78, 5) is 24.3. The molecule has 0 fully saturated rings. The fraction of sp³-hybridized carbons (Fsp3) is 0.745. The van der Waals surface area contributed by atoms with Crippen molar-refractivity contribution in [2.45, 2.75) is 213 Å². The average Bonchev–Trinajstić information content (AvgIpc) is 3.15. The van der Waals surface area contributed by atoms with Gasteiger partial charge in [0.25, 0.3) is 0 Å². The van der Waals surface area contributed by atoms with Gasteiger partial charge in [0.2, 0.25) is 0 Å². The molecule has 0 rings (SSSR count). The second-order valence-electron chi connectivity index (χ2n) is 14.4. The third-order valence-electron chi connectivity index (χ3n) is 9.30. The Morgan fingerprint density at radius 1 is 0.462 bits per heavy atom. The number of hydrogen-bond donors (Lipinski definition) is 1. The third-order valence-corrected chi connectivity index (χ3v) is 9.30. The van der Waals surface area contributed by atoms with Crippen molar-refractivity contribution in [2.75, 3.05) is 13.2 Å². The number of hydrogen-bond acceptors (Lipinski definition) is 5. The lowest BCUT2D eigenvalue weighted by Gasteiger charge is -2.15. The van der Waals surface area contributed by atoms with Crippen LogP contribution in [0.5, 0.6) is 0 Å². The molecule has 0 aromatic heterocycles. The Labute approximate surface area is 321 Å². The summed E-state index contributed by atoms with van der Waals surface area (Å²) in [6, 6.07) is 0. The molecule has 0 saturated heterocycles. The molecule has 0 aliphatic rings. The van der Waals surface area contributed by atoms with Gasteiger partial charge in [0.1, 0.15) is 6.61 Å². The van der Waals surface area contributed by atoms with E-state index < -0.39 is 6.10 Å². The van der Waals surface area contributed by atoms with Gasteiger partial charge in [-0.3, -0.25) is 9.59 Å². The molecule has 0 saturated carbocycles. The first kappa shape index (κ1) is 49.6. The molecule has 0 amide bonds. The summed E-state index contributed by atoms with van der Waals surface area (Å²) in [5.74, 6) is -0.605. The van der Waals surface area contributed by atoms with Crippen molar-refractivity contribution < 1.29 is 24.2 Å². The maximum Gasteiger partial charge on any atom is 0.306 e. The summed E-state index contributed by atoms with van der Waals surface area (Å²) >= 11 is 0. The highest BCUT2D eigenvalue weighted by molar-refractivity contribution is 5.70. The summed E-state index contributed by atoms with van der Waals surface area (Å²) < 4.78 is 10.6. The molecule has 0 aliphatic carbocycles. The number of carbonyl (C=O) groups excluding carboxylic acids is 2. The first-order valence-corrected chi connectivity index (χ1v) is 21.8. The molecule has 0 aliphatic heterocycles. The van der Waals surface area contributed by atoms with Gasteiger partial charge < -0.3 is 14.6 Å². The van der Waals surface area contributed by atoms with Crippen LogP contribution in [-0.4, -0.2) is 36.4 Å². The van der Waals surface area contributed by atoms with E-state index in [1.54, 1.807) is 0 Å². The highest BCUT2D eigenvalue weighted by Crippen LogP contribution is 2.14. The van der Waals surface area contributed by atoms with Gasteiger partial charge in [-0.2, -0.15) is 0 Å². The Morgan fingerprint density at radius 2 is 0.827 bits per heavy atom. The third kappa shape index (κ3) is 40.4. The second kappa shape index (κ2) is 43.0. The van der Waals surface area contributed by atoms with Crippen LogP contribution in [0.2, 0.25) is 0 Å². The van der Waals surface area contributed by atoms with E-state index in [9.17, 15) is 14.7 Å². The Balaban J connectivity index is 3.57. The van der Waals surface area contributed by atoms with Gasteiger partial charge in [0.05, 0.1) is 6.61 Å². The van der Waals surface area contributed by atoms with E-state index in [0.717, 1.165) is 70.6 Å². The zero-order chi connectivity index (χ0) is 37.8. The zero-order valence-electron chi connectivity index (χ0n) is 34.1. The van der Waals surface area contributed by atoms with Crippen molar-refractivity contribution in [3.63, 3.8) is 0 Å². The van der Waals surface area contributed by atoms with E-state index in [4.69, 9.17) is 9.47 Å². The number of carbonyl (C=O) groups is 2. The molecule has 0 heterocycles. The maximum absolute atomic E-state index is 12.2. The zero-order valence-corrected chi connectivity index (χ0v) is 34.1. The first-order chi connectivity index (χ1) is 25.6. The van der Waals surface area contributed by atoms with Crippen LogP contribution in [0.25, 0.3) is 0 Å². The molecule has 300 valence electrons. The fourth-order valence-corrected chi connectivity index (χ4v) is 6.01. The molecule has 0 aromatic rings. The number of allylic oxidation sites excluding steroid dienone is 10. The topological polar surface area (TPSA) is 72.8 Å². The van der Waals surface area contributed by atoms with Crippen LogP contribution < -0.4 is 0 Å². The van der Waals surface area contributed by atoms with Gasteiger partial charge in [-0.1, -0.05) is 177 Å². The SMILES string of the molecule is CC/C=C\C/C=C\C/C=C\C/C=C\CCCCCCCCCCC(=O)OC(CO)COC(=O)CCCCCCCCC/C=C\CCCCCCCC. The van der Waals surface area contributed by atoms with E-state index >= 15 is 0 Å². The second-order valence-corrected chi connectivity index (χ2v) is 14.4. The number of rotatable bonds is 39. The Bertz CT molecular complexity index is 915. The fourth-order valence-electron chi connectivity index (χ4n) is 6.01. The smallest absolute Gasteiger partial charge is 0.306 e. The first-order valence-electron chi connectivity index (χ1n) is 21.8. The number of unbranched alkanes of at least 4 members (excludes halogenated alkanes) is 21. The van der Waals surface area contributed by atoms with Crippen molar-refractivity contribution >= 4 is 11.9 Å². The molecular formula is C47H82O5. The highest BCUT2D eigenvalue weighted by Gasteiger charge is 2.16. The Morgan fingerprint density at radius 3 is 1.27 bits per heavy atom. The number of aliphatic hydroxyl groups is 1. The van der Waals surface area contributed by atoms with Crippen LogP contribution in [0.1, 0.15) is 206 Å². The lowest BCUT2D eigenvalue weighted by atomic mass is 10.1. The predicted octanol–water partition coefficient (Wildman–Crippen LogP) is 14.0. The highest BCUT2D eigenvalue weighted by atomic mass is 16.6. The summed E-state index contributed by atoms with van der Waals surface area (Å²) in [5, 5.41) is 9.58. The van der Waals surface area contributed by atoms with Crippen molar-refractivity contribution in [3.8, 4) is 0 Å². The summed E-state index contributed by atoms with van der Waals surface area (Å²) in [6.45, 7) is 4.01. The monoisotopic (exact) mass is 727 g/mol. The molecule has 0 radical (unpaired) electrons. The molecule has 1 unspecified atom stereocenters. The minimum atomic E-state index is -0.779. The van der Waals surface area contributed by atoms with Gasteiger partial charge in [0.15, 0.2) is 6.10 Å². The van der Waals surface area contributed by atoms with Crippen molar-refractivity contribution in [1.29, 1.82) is 0 Å². The van der Waals surface area contributed by atoms with Crippen LogP contribution in [-0.2, 0) is 19.1 Å². The van der Waals surface area contributed by atoms with Gasteiger partial charge in [0, 0.05) is 12.8 Å². The van der Waals surface area contributed by atoms with Gasteiger partial charge in [-0.25, -0.2) is 0 Å². The van der Waals surface area contributed by atoms with Gasteiger partial charge >= 0.3 is 11.9 Å². The predicted molar refractivity (Wildman–Crippen MR) is 223 cm³/mol. The lowest BCUT2D eigenvalue weighted by Crippen LogP contribution is -2.28. The maximum atomic E-state index is 12.2. The number of esters is 2. The average molecular weight is 727 g/mol. The summed E-state index contributed by atoms with van der Waals surface area (Å²) in [6.07, 6.45) is 55.7. The van der Waals surface area contributed by atoms with Crippen LogP contribution in [0.3, 0.4) is 0 Å². The Kier molecular flexibility index (Phi) is 41.0. The van der Waals surface area contributed by atoms with Gasteiger partial charge in [-0.15, -0.1) is 0 Å². The van der Waals surface area contributed by atoms with Crippen LogP contribution >= 0.6 is 0 Å². The number of ether oxygens (including phenoxy) is 2. The number of aliphatic hydroxyl groups excluding tert-OH is 1. The molecule has 1 atom stereocenters. The van der Waals surface area contributed by atoms with E-state index in [1.807, 2.05) is 0 Å². The van der Waals surface area contributed by atoms with Crippen LogP contribution in [0.4, 0.5) is 0 Å². The van der Waals surface area contributed by atoms with E-state index in [0.29, 0.717) is 12.8 Å². The molecule has 5 nitrogen and oxygen atoms in total. The van der Waals surface area contributed by atoms with E-state index in [2.05, 4.69) is 74.6 Å². The molecule has 52 heavy (non-hydrogen) atoms. The molecule has 0 aromatic carbocycles. The Hall–Kier alpha value is -2.40. The van der Waals surface area contributed by atoms with Crippen molar-refractivity contribution in [2.24, 2.45) is 0 Å². The van der Waals surface area contributed by atoms with Crippen LogP contribution in [0.15, 0.2) is 60.8 Å². The molecule has 0 spiro atoms. The van der Waals surface area contributed by atoms with Crippen molar-refractivity contribution in [1.82, 2.24) is 0 Å².